The van der Waals surface area contributed by atoms with E-state index < -0.39 is 17.8 Å². The highest BCUT2D eigenvalue weighted by molar-refractivity contribution is 5.96. The second kappa shape index (κ2) is 5.70. The number of amides is 1. The van der Waals surface area contributed by atoms with Crippen LogP contribution in [0.1, 0.15) is 27.2 Å². The van der Waals surface area contributed by atoms with Crippen LogP contribution in [0.25, 0.3) is 0 Å². The van der Waals surface area contributed by atoms with E-state index in [1.165, 1.54) is 6.92 Å². The normalized spacial score (nSPS) is 13.3. The van der Waals surface area contributed by atoms with E-state index >= 15 is 0 Å². The van der Waals surface area contributed by atoms with Crippen molar-refractivity contribution in [1.29, 1.82) is 0 Å². The first kappa shape index (κ1) is 13.9. The zero-order valence-corrected chi connectivity index (χ0v) is 9.41. The molecule has 0 spiro atoms. The monoisotopic (exact) mass is 217 g/mol. The Labute approximate surface area is 89.5 Å². The smallest absolute Gasteiger partial charge is 0.315 e. The SMILES string of the molecule is CC(C(=O)O)C(=O)NCC(C)(C)CCO. The topological polar surface area (TPSA) is 86.6 Å². The summed E-state index contributed by atoms with van der Waals surface area (Å²) < 4.78 is 0. The van der Waals surface area contributed by atoms with Crippen LogP contribution in [0, 0.1) is 11.3 Å². The summed E-state index contributed by atoms with van der Waals surface area (Å²) in [4.78, 5) is 21.8. The summed E-state index contributed by atoms with van der Waals surface area (Å²) in [5.41, 5.74) is -0.220. The van der Waals surface area contributed by atoms with Crippen LogP contribution in [0.15, 0.2) is 0 Å². The second-order valence-electron chi connectivity index (χ2n) is 4.42. The fraction of sp³-hybridized carbons (Fsp3) is 0.800. The number of rotatable bonds is 6. The van der Waals surface area contributed by atoms with Gasteiger partial charge in [-0.1, -0.05) is 13.8 Å². The minimum Gasteiger partial charge on any atom is -0.481 e. The van der Waals surface area contributed by atoms with Gasteiger partial charge in [0.2, 0.25) is 5.91 Å². The largest absolute Gasteiger partial charge is 0.481 e. The van der Waals surface area contributed by atoms with Gasteiger partial charge in [0.05, 0.1) is 0 Å². The first-order valence-electron chi connectivity index (χ1n) is 4.91. The molecular formula is C10H19NO4. The maximum absolute atomic E-state index is 11.3. The Morgan fingerprint density at radius 3 is 2.33 bits per heavy atom. The molecule has 0 aliphatic rings. The van der Waals surface area contributed by atoms with Crippen LogP contribution in [0.4, 0.5) is 0 Å². The molecule has 15 heavy (non-hydrogen) atoms. The van der Waals surface area contributed by atoms with Crippen molar-refractivity contribution in [3.63, 3.8) is 0 Å². The lowest BCUT2D eigenvalue weighted by molar-refractivity contribution is -0.146. The summed E-state index contributed by atoms with van der Waals surface area (Å²) in [5.74, 6) is -2.66. The zero-order chi connectivity index (χ0) is 12.1. The Balaban J connectivity index is 4.05. The van der Waals surface area contributed by atoms with Crippen LogP contribution in [0.5, 0.6) is 0 Å². The standard InChI is InChI=1S/C10H19NO4/c1-7(9(14)15)8(13)11-6-10(2,3)4-5-12/h7,12H,4-6H2,1-3H3,(H,11,13)(H,14,15). The Morgan fingerprint density at radius 1 is 1.40 bits per heavy atom. The fourth-order valence-electron chi connectivity index (χ4n) is 0.983. The molecule has 0 heterocycles. The first-order valence-corrected chi connectivity index (χ1v) is 4.91. The first-order chi connectivity index (χ1) is 6.80. The van der Waals surface area contributed by atoms with E-state index in [9.17, 15) is 9.59 Å². The molecule has 1 atom stereocenters. The molecule has 88 valence electrons. The number of aliphatic carboxylic acids is 1. The molecule has 5 heteroatoms. The molecular weight excluding hydrogens is 198 g/mol. The van der Waals surface area contributed by atoms with Crippen molar-refractivity contribution in [3.8, 4) is 0 Å². The molecule has 0 bridgehead atoms. The van der Waals surface area contributed by atoms with E-state index in [1.807, 2.05) is 13.8 Å². The molecule has 0 aliphatic heterocycles. The maximum atomic E-state index is 11.3. The maximum Gasteiger partial charge on any atom is 0.315 e. The lowest BCUT2D eigenvalue weighted by atomic mass is 9.89. The van der Waals surface area contributed by atoms with Crippen molar-refractivity contribution in [2.75, 3.05) is 13.2 Å². The number of hydrogen-bond acceptors (Lipinski definition) is 3. The van der Waals surface area contributed by atoms with Gasteiger partial charge in [-0.25, -0.2) is 0 Å². The molecule has 0 aromatic carbocycles. The van der Waals surface area contributed by atoms with Gasteiger partial charge in [-0.3, -0.25) is 9.59 Å². The molecule has 0 saturated carbocycles. The van der Waals surface area contributed by atoms with Gasteiger partial charge >= 0.3 is 5.97 Å². The van der Waals surface area contributed by atoms with Gasteiger partial charge in [0.15, 0.2) is 0 Å². The summed E-state index contributed by atoms with van der Waals surface area (Å²) in [6.45, 7) is 5.56. The highest BCUT2D eigenvalue weighted by atomic mass is 16.4. The van der Waals surface area contributed by atoms with Crippen LogP contribution in [0.2, 0.25) is 0 Å². The minimum atomic E-state index is -1.13. The van der Waals surface area contributed by atoms with Gasteiger partial charge in [-0.15, -0.1) is 0 Å². The average molecular weight is 217 g/mol. The molecule has 0 fully saturated rings. The quantitative estimate of drug-likeness (QED) is 0.556. The van der Waals surface area contributed by atoms with Gasteiger partial charge in [-0.2, -0.15) is 0 Å². The molecule has 0 aromatic rings. The van der Waals surface area contributed by atoms with Crippen molar-refractivity contribution in [3.05, 3.63) is 0 Å². The third-order valence-electron chi connectivity index (χ3n) is 2.29. The molecule has 1 amide bonds. The lowest BCUT2D eigenvalue weighted by Crippen LogP contribution is -2.39. The Hall–Kier alpha value is -1.10. The zero-order valence-electron chi connectivity index (χ0n) is 9.41. The predicted octanol–water partition coefficient (Wildman–Crippen LogP) is 0.232. The van der Waals surface area contributed by atoms with Crippen LogP contribution < -0.4 is 5.32 Å². The summed E-state index contributed by atoms with van der Waals surface area (Å²) in [5, 5.41) is 19.9. The van der Waals surface area contributed by atoms with Crippen molar-refractivity contribution in [1.82, 2.24) is 5.32 Å². The van der Waals surface area contributed by atoms with Crippen molar-refractivity contribution in [2.24, 2.45) is 11.3 Å². The molecule has 0 aliphatic carbocycles. The molecule has 0 aromatic heterocycles. The van der Waals surface area contributed by atoms with E-state index in [0.29, 0.717) is 13.0 Å². The fourth-order valence-corrected chi connectivity index (χ4v) is 0.983. The van der Waals surface area contributed by atoms with Crippen molar-refractivity contribution < 1.29 is 19.8 Å². The van der Waals surface area contributed by atoms with Gasteiger partial charge < -0.3 is 15.5 Å². The Bertz CT molecular complexity index is 238. The van der Waals surface area contributed by atoms with Gasteiger partial charge in [0.1, 0.15) is 5.92 Å². The number of aliphatic hydroxyl groups is 1. The summed E-state index contributed by atoms with van der Waals surface area (Å²) in [6, 6.07) is 0. The van der Waals surface area contributed by atoms with Crippen molar-refractivity contribution >= 4 is 11.9 Å². The van der Waals surface area contributed by atoms with Gasteiger partial charge in [-0.05, 0) is 18.8 Å². The van der Waals surface area contributed by atoms with E-state index in [-0.39, 0.29) is 12.0 Å². The van der Waals surface area contributed by atoms with E-state index in [0.717, 1.165) is 0 Å². The molecule has 0 rings (SSSR count). The number of carbonyl (C=O) groups is 2. The molecule has 3 N–H and O–H groups in total. The van der Waals surface area contributed by atoms with Gasteiger partial charge in [0.25, 0.3) is 0 Å². The summed E-state index contributed by atoms with van der Waals surface area (Å²) in [6.07, 6.45) is 0.564. The van der Waals surface area contributed by atoms with E-state index in [4.69, 9.17) is 10.2 Å². The third-order valence-corrected chi connectivity index (χ3v) is 2.29. The average Bonchev–Trinajstić information content (AvgIpc) is 2.13. The van der Waals surface area contributed by atoms with Crippen LogP contribution >= 0.6 is 0 Å². The van der Waals surface area contributed by atoms with E-state index in [1.54, 1.807) is 0 Å². The Kier molecular flexibility index (Phi) is 5.28. The molecule has 5 nitrogen and oxygen atoms in total. The van der Waals surface area contributed by atoms with Crippen LogP contribution in [-0.4, -0.2) is 35.2 Å². The van der Waals surface area contributed by atoms with Crippen LogP contribution in [0.3, 0.4) is 0 Å². The Morgan fingerprint density at radius 2 is 1.93 bits per heavy atom. The van der Waals surface area contributed by atoms with Crippen LogP contribution in [-0.2, 0) is 9.59 Å². The summed E-state index contributed by atoms with van der Waals surface area (Å²) in [7, 11) is 0. The highest BCUT2D eigenvalue weighted by Crippen LogP contribution is 2.18. The van der Waals surface area contributed by atoms with E-state index in [2.05, 4.69) is 5.32 Å². The minimum absolute atomic E-state index is 0.0529. The number of carbonyl (C=O) groups excluding carboxylic acids is 1. The number of carboxylic acids is 1. The lowest BCUT2D eigenvalue weighted by Gasteiger charge is -2.24. The van der Waals surface area contributed by atoms with Crippen molar-refractivity contribution in [2.45, 2.75) is 27.2 Å². The number of carboxylic acid groups (broad SMARTS) is 1. The molecule has 0 saturated heterocycles. The molecule has 1 unspecified atom stereocenters. The second-order valence-corrected chi connectivity index (χ2v) is 4.42. The number of aliphatic hydroxyl groups excluding tert-OH is 1. The predicted molar refractivity (Wildman–Crippen MR) is 55.3 cm³/mol. The number of hydrogen-bond donors (Lipinski definition) is 3. The third kappa shape index (κ3) is 5.37. The van der Waals surface area contributed by atoms with Gasteiger partial charge in [0, 0.05) is 13.2 Å². The molecule has 0 radical (unpaired) electrons. The summed E-state index contributed by atoms with van der Waals surface area (Å²) >= 11 is 0. The number of nitrogens with one attached hydrogen (secondary N) is 1. The highest BCUT2D eigenvalue weighted by Gasteiger charge is 2.23.